The molecule has 3 aromatic rings. The van der Waals surface area contributed by atoms with Gasteiger partial charge in [0.1, 0.15) is 0 Å². The van der Waals surface area contributed by atoms with Crippen molar-refractivity contribution in [1.29, 1.82) is 0 Å². The first kappa shape index (κ1) is 20.5. The van der Waals surface area contributed by atoms with Crippen LogP contribution in [0.4, 0.5) is 11.6 Å². The van der Waals surface area contributed by atoms with Gasteiger partial charge < -0.3 is 5.32 Å². The number of nitrogens with zero attached hydrogens (tertiary/aromatic N) is 3. The topological polar surface area (TPSA) is 41.0 Å². The first-order valence-corrected chi connectivity index (χ1v) is 12.0. The largest absolute Gasteiger partial charge is 0.324 e. The van der Waals surface area contributed by atoms with Gasteiger partial charge in [-0.15, -0.1) is 11.3 Å². The van der Waals surface area contributed by atoms with Crippen molar-refractivity contribution in [2.45, 2.75) is 39.2 Å². The Morgan fingerprint density at radius 1 is 1.17 bits per heavy atom. The molecule has 1 N–H and O–H groups in total. The lowest BCUT2D eigenvalue weighted by Gasteiger charge is -2.32. The summed E-state index contributed by atoms with van der Waals surface area (Å²) in [5.74, 6) is 1.56. The Labute approximate surface area is 185 Å². The number of hydrogen-bond acceptors (Lipinski definition) is 5. The number of piperidine rings is 1. The van der Waals surface area contributed by atoms with Crippen LogP contribution in [-0.2, 0) is 6.54 Å². The predicted octanol–water partition coefficient (Wildman–Crippen LogP) is 6.72. The summed E-state index contributed by atoms with van der Waals surface area (Å²) in [6.07, 6.45) is 7.18. The molecule has 0 atom stereocenters. The molecule has 4 nitrogen and oxygen atoms in total. The lowest BCUT2D eigenvalue weighted by atomic mass is 9.92. The number of halogens is 1. The summed E-state index contributed by atoms with van der Waals surface area (Å²) < 4.78 is 1.10. The van der Waals surface area contributed by atoms with Crippen molar-refractivity contribution < 1.29 is 0 Å². The number of benzene rings is 1. The van der Waals surface area contributed by atoms with E-state index in [1.807, 2.05) is 18.3 Å². The minimum atomic E-state index is 0.629. The Kier molecular flexibility index (Phi) is 6.95. The van der Waals surface area contributed by atoms with Gasteiger partial charge in [0, 0.05) is 18.4 Å². The minimum absolute atomic E-state index is 0.629. The molecule has 2 aromatic heterocycles. The van der Waals surface area contributed by atoms with E-state index in [1.165, 1.54) is 44.3 Å². The fraction of sp³-hybridized carbons (Fsp3) is 0.391. The quantitative estimate of drug-likeness (QED) is 0.415. The SMILES string of the molecule is CCCC1CCN(Cc2cccc(Nc3nccc(-c4ccc(Br)s4)n3)c2)CC1. The number of likely N-dealkylation sites (tertiary alicyclic amines) is 1. The normalized spacial score (nSPS) is 15.5. The number of thiophene rings is 1. The van der Waals surface area contributed by atoms with Crippen molar-refractivity contribution in [3.63, 3.8) is 0 Å². The maximum atomic E-state index is 4.68. The molecule has 0 amide bonds. The third-order valence-corrected chi connectivity index (χ3v) is 7.12. The van der Waals surface area contributed by atoms with E-state index in [4.69, 9.17) is 0 Å². The van der Waals surface area contributed by atoms with Gasteiger partial charge in [-0.2, -0.15) is 0 Å². The van der Waals surface area contributed by atoms with Crippen LogP contribution >= 0.6 is 27.3 Å². The first-order chi connectivity index (χ1) is 14.2. The van der Waals surface area contributed by atoms with Crippen molar-refractivity contribution in [3.05, 3.63) is 58.0 Å². The zero-order valence-corrected chi connectivity index (χ0v) is 19.2. The third kappa shape index (κ3) is 5.65. The maximum Gasteiger partial charge on any atom is 0.227 e. The van der Waals surface area contributed by atoms with Crippen molar-refractivity contribution in [1.82, 2.24) is 14.9 Å². The van der Waals surface area contributed by atoms with E-state index in [0.717, 1.165) is 32.5 Å². The summed E-state index contributed by atoms with van der Waals surface area (Å²) in [5, 5.41) is 3.37. The van der Waals surface area contributed by atoms with E-state index in [-0.39, 0.29) is 0 Å². The number of aromatic nitrogens is 2. The Hall–Kier alpha value is -1.76. The highest BCUT2D eigenvalue weighted by molar-refractivity contribution is 9.11. The van der Waals surface area contributed by atoms with Gasteiger partial charge in [-0.1, -0.05) is 31.9 Å². The van der Waals surface area contributed by atoms with Gasteiger partial charge in [-0.05, 0) is 83.7 Å². The molecule has 0 aliphatic carbocycles. The van der Waals surface area contributed by atoms with Gasteiger partial charge in [0.25, 0.3) is 0 Å². The molecule has 0 spiro atoms. The molecule has 3 heterocycles. The first-order valence-electron chi connectivity index (χ1n) is 10.4. The van der Waals surface area contributed by atoms with Crippen LogP contribution < -0.4 is 5.32 Å². The smallest absolute Gasteiger partial charge is 0.227 e. The fourth-order valence-corrected chi connectivity index (χ4v) is 5.34. The van der Waals surface area contributed by atoms with Crippen LogP contribution in [-0.4, -0.2) is 28.0 Å². The van der Waals surface area contributed by atoms with Crippen LogP contribution in [0.5, 0.6) is 0 Å². The van der Waals surface area contributed by atoms with E-state index in [9.17, 15) is 0 Å². The number of nitrogens with one attached hydrogen (secondary N) is 1. The highest BCUT2D eigenvalue weighted by Crippen LogP contribution is 2.30. The highest BCUT2D eigenvalue weighted by atomic mass is 79.9. The van der Waals surface area contributed by atoms with E-state index >= 15 is 0 Å². The average Bonchev–Trinajstić information content (AvgIpc) is 3.17. The summed E-state index contributed by atoms with van der Waals surface area (Å²) in [6.45, 7) is 5.73. The van der Waals surface area contributed by atoms with E-state index in [0.29, 0.717) is 5.95 Å². The van der Waals surface area contributed by atoms with Crippen LogP contribution in [0.1, 0.15) is 38.2 Å². The van der Waals surface area contributed by atoms with Gasteiger partial charge in [-0.3, -0.25) is 4.90 Å². The lowest BCUT2D eigenvalue weighted by Crippen LogP contribution is -2.33. The number of rotatable bonds is 7. The Bertz CT molecular complexity index is 934. The molecule has 152 valence electrons. The van der Waals surface area contributed by atoms with Crippen LogP contribution in [0.3, 0.4) is 0 Å². The van der Waals surface area contributed by atoms with Crippen molar-refractivity contribution in [2.75, 3.05) is 18.4 Å². The molecule has 0 saturated carbocycles. The monoisotopic (exact) mass is 470 g/mol. The second kappa shape index (κ2) is 9.83. The van der Waals surface area contributed by atoms with Crippen molar-refractivity contribution in [2.24, 2.45) is 5.92 Å². The lowest BCUT2D eigenvalue weighted by molar-refractivity contribution is 0.172. The standard InChI is InChI=1S/C23H27BrN4S/c1-2-4-17-10-13-28(14-11-17)16-18-5-3-6-19(15-18)26-23-25-12-9-20(27-23)21-7-8-22(24)29-21/h3,5-9,12,15,17H,2,4,10-11,13-14,16H2,1H3,(H,25,26,27). The summed E-state index contributed by atoms with van der Waals surface area (Å²) in [6, 6.07) is 14.7. The van der Waals surface area contributed by atoms with E-state index in [1.54, 1.807) is 11.3 Å². The Morgan fingerprint density at radius 2 is 2.03 bits per heavy atom. The van der Waals surface area contributed by atoms with E-state index < -0.39 is 0 Å². The van der Waals surface area contributed by atoms with Crippen LogP contribution in [0.2, 0.25) is 0 Å². The summed E-state index contributed by atoms with van der Waals surface area (Å²) in [4.78, 5) is 12.8. The van der Waals surface area contributed by atoms with Gasteiger partial charge in [0.2, 0.25) is 5.95 Å². The van der Waals surface area contributed by atoms with Gasteiger partial charge in [0.05, 0.1) is 14.4 Å². The average molecular weight is 471 g/mol. The van der Waals surface area contributed by atoms with Crippen LogP contribution in [0.25, 0.3) is 10.6 Å². The third-order valence-electron chi connectivity index (χ3n) is 5.47. The molecule has 1 aromatic carbocycles. The van der Waals surface area contributed by atoms with Gasteiger partial charge >= 0.3 is 0 Å². The number of anilines is 2. The van der Waals surface area contributed by atoms with E-state index in [2.05, 4.69) is 73.4 Å². The second-order valence-electron chi connectivity index (χ2n) is 7.70. The molecule has 4 rings (SSSR count). The Balaban J connectivity index is 1.39. The van der Waals surface area contributed by atoms with Gasteiger partial charge in [-0.25, -0.2) is 9.97 Å². The molecule has 1 aliphatic heterocycles. The predicted molar refractivity (Wildman–Crippen MR) is 126 cm³/mol. The Morgan fingerprint density at radius 3 is 2.79 bits per heavy atom. The molecular weight excluding hydrogens is 444 g/mol. The highest BCUT2D eigenvalue weighted by Gasteiger charge is 2.18. The second-order valence-corrected chi connectivity index (χ2v) is 10.2. The zero-order valence-electron chi connectivity index (χ0n) is 16.8. The molecule has 29 heavy (non-hydrogen) atoms. The summed E-state index contributed by atoms with van der Waals surface area (Å²) in [7, 11) is 0. The van der Waals surface area contributed by atoms with Gasteiger partial charge in [0.15, 0.2) is 0 Å². The maximum absolute atomic E-state index is 4.68. The molecule has 0 unspecified atom stereocenters. The molecule has 6 heteroatoms. The van der Waals surface area contributed by atoms with Crippen molar-refractivity contribution >= 4 is 38.9 Å². The molecule has 1 saturated heterocycles. The zero-order chi connectivity index (χ0) is 20.1. The minimum Gasteiger partial charge on any atom is -0.324 e. The van der Waals surface area contributed by atoms with Crippen molar-refractivity contribution in [3.8, 4) is 10.6 Å². The fourth-order valence-electron chi connectivity index (χ4n) is 3.98. The molecule has 0 bridgehead atoms. The summed E-state index contributed by atoms with van der Waals surface area (Å²) >= 11 is 5.19. The molecule has 0 radical (unpaired) electrons. The van der Waals surface area contributed by atoms with Crippen LogP contribution in [0.15, 0.2) is 52.4 Å². The molecule has 1 fully saturated rings. The molecular formula is C23H27BrN4S. The molecule has 1 aliphatic rings. The van der Waals surface area contributed by atoms with Crippen LogP contribution in [0, 0.1) is 5.92 Å². The number of hydrogen-bond donors (Lipinski definition) is 1. The summed E-state index contributed by atoms with van der Waals surface area (Å²) in [5.41, 5.74) is 3.31.